The Morgan fingerprint density at radius 2 is 2.29 bits per heavy atom. The maximum atomic E-state index is 8.78. The highest BCUT2D eigenvalue weighted by molar-refractivity contribution is 9.10. The van der Waals surface area contributed by atoms with Crippen LogP contribution in [0.15, 0.2) is 28.7 Å². The van der Waals surface area contributed by atoms with Gasteiger partial charge in [-0.2, -0.15) is 5.26 Å². The Morgan fingerprint density at radius 1 is 1.50 bits per heavy atom. The van der Waals surface area contributed by atoms with E-state index in [0.29, 0.717) is 19.6 Å². The van der Waals surface area contributed by atoms with Crippen LogP contribution >= 0.6 is 15.9 Å². The molecule has 2 rings (SSSR count). The first-order valence-corrected chi connectivity index (χ1v) is 5.27. The van der Waals surface area contributed by atoms with Crippen molar-refractivity contribution in [1.82, 2.24) is 0 Å². The molecule has 0 amide bonds. The lowest BCUT2D eigenvalue weighted by Gasteiger charge is -2.40. The molecule has 0 bridgehead atoms. The molecular weight excluding hydrogens is 242 g/mol. The van der Waals surface area contributed by atoms with Gasteiger partial charge in [-0.25, -0.2) is 0 Å². The van der Waals surface area contributed by atoms with Crippen LogP contribution < -0.4 is 0 Å². The van der Waals surface area contributed by atoms with Crippen molar-refractivity contribution in [2.45, 2.75) is 11.8 Å². The molecule has 0 aromatic heterocycles. The largest absolute Gasteiger partial charge is 0.379 e. The molecule has 14 heavy (non-hydrogen) atoms. The van der Waals surface area contributed by atoms with E-state index in [-0.39, 0.29) is 5.41 Å². The number of benzene rings is 1. The highest BCUT2D eigenvalue weighted by atomic mass is 79.9. The van der Waals surface area contributed by atoms with Gasteiger partial charge in [-0.15, -0.1) is 0 Å². The second kappa shape index (κ2) is 3.72. The maximum absolute atomic E-state index is 8.78. The summed E-state index contributed by atoms with van der Waals surface area (Å²) in [6.45, 7) is 1.33. The quantitative estimate of drug-likeness (QED) is 0.810. The van der Waals surface area contributed by atoms with Crippen LogP contribution in [0.3, 0.4) is 0 Å². The maximum Gasteiger partial charge on any atom is 0.0632 e. The van der Waals surface area contributed by atoms with E-state index >= 15 is 0 Å². The van der Waals surface area contributed by atoms with Gasteiger partial charge in [0, 0.05) is 10.9 Å². The summed E-state index contributed by atoms with van der Waals surface area (Å²) in [5.41, 5.74) is 1.14. The topological polar surface area (TPSA) is 33.0 Å². The summed E-state index contributed by atoms with van der Waals surface area (Å²) in [6, 6.07) is 10.3. The first-order valence-electron chi connectivity index (χ1n) is 4.48. The number of hydrogen-bond acceptors (Lipinski definition) is 2. The minimum Gasteiger partial charge on any atom is -0.379 e. The summed E-state index contributed by atoms with van der Waals surface area (Å²) in [7, 11) is 0. The van der Waals surface area contributed by atoms with Gasteiger partial charge in [0.15, 0.2) is 0 Å². The van der Waals surface area contributed by atoms with Crippen LogP contribution in [0.5, 0.6) is 0 Å². The molecule has 1 heterocycles. The third-order valence-electron chi connectivity index (χ3n) is 2.61. The molecule has 0 unspecified atom stereocenters. The zero-order valence-electron chi connectivity index (χ0n) is 7.66. The van der Waals surface area contributed by atoms with Crippen LogP contribution in [-0.2, 0) is 10.2 Å². The van der Waals surface area contributed by atoms with Crippen LogP contribution in [0.4, 0.5) is 0 Å². The molecule has 0 saturated carbocycles. The van der Waals surface area contributed by atoms with Crippen LogP contribution in [0.1, 0.15) is 12.0 Å². The lowest BCUT2D eigenvalue weighted by atomic mass is 9.76. The lowest BCUT2D eigenvalue weighted by Crippen LogP contribution is -2.46. The standard InChI is InChI=1S/C11H10BrNO/c12-10-3-1-2-9(6-10)11(4-5-13)7-14-8-11/h1-3,6H,4,7-8H2. The molecule has 0 aliphatic carbocycles. The molecule has 1 aliphatic heterocycles. The first-order chi connectivity index (χ1) is 6.77. The SMILES string of the molecule is N#CCC1(c2cccc(Br)c2)COC1. The Morgan fingerprint density at radius 3 is 2.79 bits per heavy atom. The van der Waals surface area contributed by atoms with Gasteiger partial charge in [-0.1, -0.05) is 28.1 Å². The zero-order chi connectivity index (χ0) is 10.0. The Labute approximate surface area is 91.6 Å². The third-order valence-corrected chi connectivity index (χ3v) is 3.10. The minimum atomic E-state index is -0.0570. The molecule has 2 nitrogen and oxygen atoms in total. The predicted octanol–water partition coefficient (Wildman–Crippen LogP) is 2.63. The average Bonchev–Trinajstić information content (AvgIpc) is 2.11. The molecule has 0 atom stereocenters. The van der Waals surface area contributed by atoms with Gasteiger partial charge in [0.1, 0.15) is 0 Å². The van der Waals surface area contributed by atoms with Crippen molar-refractivity contribution in [3.8, 4) is 6.07 Å². The monoisotopic (exact) mass is 251 g/mol. The van der Waals surface area contributed by atoms with E-state index in [9.17, 15) is 0 Å². The van der Waals surface area contributed by atoms with Crippen molar-refractivity contribution in [3.63, 3.8) is 0 Å². The second-order valence-electron chi connectivity index (χ2n) is 3.62. The third kappa shape index (κ3) is 1.56. The highest BCUT2D eigenvalue weighted by Crippen LogP contribution is 2.36. The molecule has 0 radical (unpaired) electrons. The van der Waals surface area contributed by atoms with E-state index in [2.05, 4.69) is 34.1 Å². The molecular formula is C11H10BrNO. The zero-order valence-corrected chi connectivity index (χ0v) is 9.25. The normalized spacial score (nSPS) is 18.3. The van der Waals surface area contributed by atoms with Crippen molar-refractivity contribution in [3.05, 3.63) is 34.3 Å². The number of halogens is 1. The minimum absolute atomic E-state index is 0.0570. The fourth-order valence-corrected chi connectivity index (χ4v) is 2.09. The summed E-state index contributed by atoms with van der Waals surface area (Å²) < 4.78 is 6.27. The van der Waals surface area contributed by atoms with E-state index in [1.165, 1.54) is 5.56 Å². The smallest absolute Gasteiger partial charge is 0.0632 e. The van der Waals surface area contributed by atoms with E-state index < -0.39 is 0 Å². The first kappa shape index (κ1) is 9.70. The van der Waals surface area contributed by atoms with Crippen LogP contribution in [0.25, 0.3) is 0 Å². The van der Waals surface area contributed by atoms with E-state index in [1.54, 1.807) is 0 Å². The van der Waals surface area contributed by atoms with Crippen LogP contribution in [-0.4, -0.2) is 13.2 Å². The van der Waals surface area contributed by atoms with E-state index in [1.807, 2.05) is 12.1 Å². The van der Waals surface area contributed by atoms with Crippen molar-refractivity contribution < 1.29 is 4.74 Å². The van der Waals surface area contributed by atoms with Crippen LogP contribution in [0.2, 0.25) is 0 Å². The summed E-state index contributed by atoms with van der Waals surface area (Å²) in [5.74, 6) is 0. The van der Waals surface area contributed by atoms with Gasteiger partial charge in [0.2, 0.25) is 0 Å². The molecule has 0 N–H and O–H groups in total. The fourth-order valence-electron chi connectivity index (χ4n) is 1.69. The van der Waals surface area contributed by atoms with Crippen LogP contribution in [0, 0.1) is 11.3 Å². The lowest BCUT2D eigenvalue weighted by molar-refractivity contribution is -0.0577. The predicted molar refractivity (Wildman–Crippen MR) is 56.9 cm³/mol. The number of rotatable bonds is 2. The molecule has 1 saturated heterocycles. The number of ether oxygens (including phenoxy) is 1. The van der Waals surface area contributed by atoms with Gasteiger partial charge in [0.25, 0.3) is 0 Å². The van der Waals surface area contributed by atoms with Crippen molar-refractivity contribution in [1.29, 1.82) is 5.26 Å². The summed E-state index contributed by atoms with van der Waals surface area (Å²) >= 11 is 3.44. The van der Waals surface area contributed by atoms with Gasteiger partial charge < -0.3 is 4.74 Å². The number of hydrogen-bond donors (Lipinski definition) is 0. The average molecular weight is 252 g/mol. The Bertz CT molecular complexity index is 379. The van der Waals surface area contributed by atoms with Crippen molar-refractivity contribution in [2.75, 3.05) is 13.2 Å². The molecule has 1 fully saturated rings. The molecule has 3 heteroatoms. The second-order valence-corrected chi connectivity index (χ2v) is 4.53. The van der Waals surface area contributed by atoms with E-state index in [0.717, 1.165) is 4.47 Å². The van der Waals surface area contributed by atoms with Crippen molar-refractivity contribution >= 4 is 15.9 Å². The number of nitriles is 1. The summed E-state index contributed by atoms with van der Waals surface area (Å²) in [4.78, 5) is 0. The fraction of sp³-hybridized carbons (Fsp3) is 0.364. The Balaban J connectivity index is 2.32. The summed E-state index contributed by atoms with van der Waals surface area (Å²) in [5, 5.41) is 8.78. The van der Waals surface area contributed by atoms with Gasteiger partial charge in [-0.05, 0) is 17.7 Å². The number of nitrogens with zero attached hydrogens (tertiary/aromatic N) is 1. The molecule has 1 aromatic rings. The van der Waals surface area contributed by atoms with E-state index in [4.69, 9.17) is 10.00 Å². The molecule has 1 aromatic carbocycles. The summed E-state index contributed by atoms with van der Waals surface area (Å²) in [6.07, 6.45) is 0.531. The van der Waals surface area contributed by atoms with Gasteiger partial charge in [-0.3, -0.25) is 0 Å². The van der Waals surface area contributed by atoms with Gasteiger partial charge >= 0.3 is 0 Å². The molecule has 72 valence electrons. The van der Waals surface area contributed by atoms with Crippen molar-refractivity contribution in [2.24, 2.45) is 0 Å². The highest BCUT2D eigenvalue weighted by Gasteiger charge is 2.40. The Kier molecular flexibility index (Phi) is 2.58. The molecule has 1 aliphatic rings. The van der Waals surface area contributed by atoms with Gasteiger partial charge in [0.05, 0.1) is 24.7 Å². The molecule has 0 spiro atoms. The Hall–Kier alpha value is -0.850.